The van der Waals surface area contributed by atoms with Gasteiger partial charge in [0.2, 0.25) is 0 Å². The Morgan fingerprint density at radius 3 is 2.83 bits per heavy atom. The summed E-state index contributed by atoms with van der Waals surface area (Å²) in [5, 5.41) is 12.4. The van der Waals surface area contributed by atoms with Gasteiger partial charge < -0.3 is 14.8 Å². The predicted octanol–water partition coefficient (Wildman–Crippen LogP) is 2.79. The van der Waals surface area contributed by atoms with Crippen LogP contribution in [-0.4, -0.2) is 23.2 Å². The van der Waals surface area contributed by atoms with Gasteiger partial charge in [0.1, 0.15) is 5.52 Å². The number of nitrogens with zero attached hydrogens (tertiary/aromatic N) is 1. The van der Waals surface area contributed by atoms with Crippen molar-refractivity contribution in [2.75, 3.05) is 18.5 Å². The first-order valence-electron chi connectivity index (χ1n) is 6.52. The van der Waals surface area contributed by atoms with Crippen molar-refractivity contribution >= 4 is 17.1 Å². The summed E-state index contributed by atoms with van der Waals surface area (Å²) in [5.74, 6) is 0. The molecule has 2 aromatic rings. The van der Waals surface area contributed by atoms with E-state index in [1.165, 1.54) is 19.3 Å². The molecule has 1 aromatic carbocycles. The van der Waals surface area contributed by atoms with E-state index < -0.39 is 0 Å². The van der Waals surface area contributed by atoms with Crippen molar-refractivity contribution in [2.45, 2.75) is 25.7 Å². The molecule has 1 fully saturated rings. The molecule has 0 bridgehead atoms. The van der Waals surface area contributed by atoms with E-state index in [4.69, 9.17) is 9.52 Å². The highest BCUT2D eigenvalue weighted by Gasteiger charge is 2.36. The number of hydrogen-bond acceptors (Lipinski definition) is 4. The molecule has 1 saturated carbocycles. The Bertz CT molecular complexity index is 498. The topological polar surface area (TPSA) is 58.3 Å². The van der Waals surface area contributed by atoms with Gasteiger partial charge in [-0.2, -0.15) is 4.98 Å². The number of benzene rings is 1. The number of oxazole rings is 1. The van der Waals surface area contributed by atoms with E-state index in [1.54, 1.807) is 0 Å². The highest BCUT2D eigenvalue weighted by molar-refractivity contribution is 5.74. The molecule has 0 unspecified atom stereocenters. The molecule has 1 aliphatic carbocycles. The van der Waals surface area contributed by atoms with Gasteiger partial charge in [0, 0.05) is 13.2 Å². The summed E-state index contributed by atoms with van der Waals surface area (Å²) in [6.45, 7) is 1.09. The van der Waals surface area contributed by atoms with Crippen LogP contribution >= 0.6 is 0 Å². The lowest BCUT2D eigenvalue weighted by molar-refractivity contribution is 0.101. The van der Waals surface area contributed by atoms with E-state index in [0.717, 1.165) is 24.1 Å². The Labute approximate surface area is 106 Å². The summed E-state index contributed by atoms with van der Waals surface area (Å²) in [7, 11) is 0. The summed E-state index contributed by atoms with van der Waals surface area (Å²) in [5.41, 5.74) is 1.93. The van der Waals surface area contributed by atoms with Crippen LogP contribution in [0.1, 0.15) is 25.7 Å². The van der Waals surface area contributed by atoms with Crippen LogP contribution in [0.3, 0.4) is 0 Å². The third-order valence-electron chi connectivity index (χ3n) is 3.96. The van der Waals surface area contributed by atoms with Gasteiger partial charge in [0.05, 0.1) is 0 Å². The van der Waals surface area contributed by atoms with Crippen LogP contribution in [0, 0.1) is 5.41 Å². The third-order valence-corrected chi connectivity index (χ3v) is 3.96. The average Bonchev–Trinajstić information content (AvgIpc) is 2.75. The fourth-order valence-corrected chi connectivity index (χ4v) is 2.64. The van der Waals surface area contributed by atoms with E-state index in [-0.39, 0.29) is 12.0 Å². The fraction of sp³-hybridized carbons (Fsp3) is 0.500. The molecule has 0 radical (unpaired) electrons. The zero-order valence-corrected chi connectivity index (χ0v) is 10.4. The first-order valence-corrected chi connectivity index (χ1v) is 6.52. The van der Waals surface area contributed by atoms with Crippen LogP contribution in [0.5, 0.6) is 0 Å². The molecule has 1 heterocycles. The molecule has 96 valence electrons. The van der Waals surface area contributed by atoms with Gasteiger partial charge in [-0.15, -0.1) is 0 Å². The highest BCUT2D eigenvalue weighted by atomic mass is 16.4. The lowest BCUT2D eigenvalue weighted by Gasteiger charge is -2.41. The van der Waals surface area contributed by atoms with Gasteiger partial charge in [-0.3, -0.25) is 0 Å². The molecule has 4 nitrogen and oxygen atoms in total. The van der Waals surface area contributed by atoms with Crippen LogP contribution in [0.15, 0.2) is 28.7 Å². The van der Waals surface area contributed by atoms with E-state index in [2.05, 4.69) is 10.3 Å². The minimum Gasteiger partial charge on any atom is -0.424 e. The first-order chi connectivity index (χ1) is 8.81. The maximum atomic E-state index is 9.11. The van der Waals surface area contributed by atoms with E-state index >= 15 is 0 Å². The molecule has 18 heavy (non-hydrogen) atoms. The Balaban J connectivity index is 1.69. The molecule has 1 aliphatic rings. The van der Waals surface area contributed by atoms with Crippen molar-refractivity contribution in [1.29, 1.82) is 0 Å². The largest absolute Gasteiger partial charge is 0.424 e. The minimum atomic E-state index is 0.245. The molecule has 1 aromatic heterocycles. The Kier molecular flexibility index (Phi) is 2.96. The minimum absolute atomic E-state index is 0.245. The number of hydrogen-bond donors (Lipinski definition) is 2. The number of anilines is 1. The average molecular weight is 246 g/mol. The van der Waals surface area contributed by atoms with Gasteiger partial charge in [-0.1, -0.05) is 18.6 Å². The zero-order valence-electron chi connectivity index (χ0n) is 10.4. The molecule has 0 saturated heterocycles. The second-order valence-electron chi connectivity index (χ2n) is 5.17. The SMILES string of the molecule is OCCC1(CNc2nc3ccccc3o2)CCC1. The van der Waals surface area contributed by atoms with Gasteiger partial charge in [-0.25, -0.2) is 0 Å². The maximum Gasteiger partial charge on any atom is 0.295 e. The molecule has 0 aliphatic heterocycles. The van der Waals surface area contributed by atoms with Crippen LogP contribution < -0.4 is 5.32 Å². The standard InChI is InChI=1S/C14H18N2O2/c17-9-8-14(6-3-7-14)10-15-13-16-11-4-1-2-5-12(11)18-13/h1-2,4-5,17H,3,6-10H2,(H,15,16). The number of para-hydroxylation sites is 2. The van der Waals surface area contributed by atoms with Crippen molar-refractivity contribution in [3.63, 3.8) is 0 Å². The molecule has 0 atom stereocenters. The Hall–Kier alpha value is -1.55. The number of aliphatic hydroxyl groups is 1. The fourth-order valence-electron chi connectivity index (χ4n) is 2.64. The summed E-state index contributed by atoms with van der Waals surface area (Å²) < 4.78 is 5.63. The molecule has 2 N–H and O–H groups in total. The zero-order chi connectivity index (χ0) is 12.4. The number of fused-ring (bicyclic) bond motifs is 1. The summed E-state index contributed by atoms with van der Waals surface area (Å²) in [6, 6.07) is 8.34. The molecular formula is C14H18N2O2. The summed E-state index contributed by atoms with van der Waals surface area (Å²) in [4.78, 5) is 4.39. The second-order valence-corrected chi connectivity index (χ2v) is 5.17. The Morgan fingerprint density at radius 2 is 2.17 bits per heavy atom. The molecule has 0 spiro atoms. The van der Waals surface area contributed by atoms with E-state index in [1.807, 2.05) is 24.3 Å². The number of rotatable bonds is 5. The van der Waals surface area contributed by atoms with Crippen LogP contribution in [0.4, 0.5) is 6.01 Å². The number of aromatic nitrogens is 1. The van der Waals surface area contributed by atoms with Crippen molar-refractivity contribution < 1.29 is 9.52 Å². The van der Waals surface area contributed by atoms with E-state index in [9.17, 15) is 0 Å². The normalized spacial score (nSPS) is 17.6. The van der Waals surface area contributed by atoms with Gasteiger partial charge >= 0.3 is 0 Å². The first kappa shape index (κ1) is 11.5. The van der Waals surface area contributed by atoms with Crippen molar-refractivity contribution in [1.82, 2.24) is 4.98 Å². The summed E-state index contributed by atoms with van der Waals surface area (Å²) in [6.07, 6.45) is 4.48. The maximum absolute atomic E-state index is 9.11. The molecule has 0 amide bonds. The highest BCUT2D eigenvalue weighted by Crippen LogP contribution is 2.43. The third kappa shape index (κ3) is 2.08. The molecule has 3 rings (SSSR count). The number of aliphatic hydroxyl groups excluding tert-OH is 1. The van der Waals surface area contributed by atoms with Gasteiger partial charge in [0.15, 0.2) is 5.58 Å². The van der Waals surface area contributed by atoms with Crippen molar-refractivity contribution in [2.24, 2.45) is 5.41 Å². The van der Waals surface area contributed by atoms with E-state index in [0.29, 0.717) is 6.01 Å². The monoisotopic (exact) mass is 246 g/mol. The predicted molar refractivity (Wildman–Crippen MR) is 70.5 cm³/mol. The van der Waals surface area contributed by atoms with Crippen molar-refractivity contribution in [3.05, 3.63) is 24.3 Å². The van der Waals surface area contributed by atoms with Crippen LogP contribution in [0.25, 0.3) is 11.1 Å². The van der Waals surface area contributed by atoms with Crippen LogP contribution in [0.2, 0.25) is 0 Å². The molecular weight excluding hydrogens is 228 g/mol. The smallest absolute Gasteiger partial charge is 0.295 e. The molecule has 4 heteroatoms. The second kappa shape index (κ2) is 4.61. The van der Waals surface area contributed by atoms with Crippen LogP contribution in [-0.2, 0) is 0 Å². The summed E-state index contributed by atoms with van der Waals surface area (Å²) >= 11 is 0. The quantitative estimate of drug-likeness (QED) is 0.851. The van der Waals surface area contributed by atoms with Crippen molar-refractivity contribution in [3.8, 4) is 0 Å². The lowest BCUT2D eigenvalue weighted by Crippen LogP contribution is -2.37. The Morgan fingerprint density at radius 1 is 1.33 bits per heavy atom. The number of nitrogens with one attached hydrogen (secondary N) is 1. The van der Waals surface area contributed by atoms with Gasteiger partial charge in [0.25, 0.3) is 6.01 Å². The lowest BCUT2D eigenvalue weighted by atomic mass is 9.67. The van der Waals surface area contributed by atoms with Gasteiger partial charge in [-0.05, 0) is 36.8 Å².